The van der Waals surface area contributed by atoms with E-state index in [9.17, 15) is 4.79 Å². The van der Waals surface area contributed by atoms with Crippen molar-refractivity contribution in [2.24, 2.45) is 5.92 Å². The van der Waals surface area contributed by atoms with E-state index in [1.54, 1.807) is 0 Å². The first-order valence-corrected chi connectivity index (χ1v) is 6.55. The van der Waals surface area contributed by atoms with Gasteiger partial charge in [-0.1, -0.05) is 33.3 Å². The Hall–Kier alpha value is -0.830. The molecule has 0 spiro atoms. The van der Waals surface area contributed by atoms with E-state index in [0.29, 0.717) is 12.5 Å². The van der Waals surface area contributed by atoms with E-state index in [0.717, 1.165) is 18.0 Å². The lowest BCUT2D eigenvalue weighted by atomic mass is 10.0. The van der Waals surface area contributed by atoms with Crippen molar-refractivity contribution in [3.05, 3.63) is 11.6 Å². The van der Waals surface area contributed by atoms with Crippen LogP contribution < -0.4 is 5.32 Å². The zero-order valence-corrected chi connectivity index (χ0v) is 11.9. The van der Waals surface area contributed by atoms with Crippen LogP contribution in [0.5, 0.6) is 0 Å². The Balaban J connectivity index is 4.01. The maximum absolute atomic E-state index is 11.3. The molecule has 17 heavy (non-hydrogen) atoms. The van der Waals surface area contributed by atoms with Crippen molar-refractivity contribution in [1.82, 2.24) is 5.32 Å². The molecule has 0 bridgehead atoms. The van der Waals surface area contributed by atoms with Crippen LogP contribution in [0.3, 0.4) is 0 Å². The lowest BCUT2D eigenvalue weighted by molar-refractivity contribution is -0.136. The summed E-state index contributed by atoms with van der Waals surface area (Å²) in [6.07, 6.45) is 5.03. The molecule has 0 saturated carbocycles. The van der Waals surface area contributed by atoms with E-state index in [4.69, 9.17) is 4.74 Å². The molecule has 0 heterocycles. The molecule has 0 aliphatic rings. The van der Waals surface area contributed by atoms with Crippen molar-refractivity contribution >= 4 is 5.97 Å². The van der Waals surface area contributed by atoms with Gasteiger partial charge in [-0.3, -0.25) is 0 Å². The zero-order chi connectivity index (χ0) is 13.3. The highest BCUT2D eigenvalue weighted by atomic mass is 16.5. The average Bonchev–Trinajstić information content (AvgIpc) is 2.33. The van der Waals surface area contributed by atoms with Crippen LogP contribution in [0.1, 0.15) is 47.0 Å². The zero-order valence-electron chi connectivity index (χ0n) is 11.9. The van der Waals surface area contributed by atoms with Gasteiger partial charge in [0.25, 0.3) is 0 Å². The van der Waals surface area contributed by atoms with Gasteiger partial charge in [0.15, 0.2) is 0 Å². The summed E-state index contributed by atoms with van der Waals surface area (Å²) in [5.74, 6) is 0.525. The third kappa shape index (κ3) is 7.16. The molecule has 2 atom stereocenters. The van der Waals surface area contributed by atoms with Crippen LogP contribution in [-0.4, -0.2) is 25.7 Å². The van der Waals surface area contributed by atoms with Gasteiger partial charge in [0, 0.05) is 18.2 Å². The average molecular weight is 241 g/mol. The molecule has 0 aromatic carbocycles. The van der Waals surface area contributed by atoms with Crippen molar-refractivity contribution in [3.8, 4) is 0 Å². The minimum atomic E-state index is -0.219. The van der Waals surface area contributed by atoms with Crippen molar-refractivity contribution in [1.29, 1.82) is 0 Å². The summed E-state index contributed by atoms with van der Waals surface area (Å²) in [5.41, 5.74) is 0.746. The number of carbonyl (C=O) groups excluding carboxylic acids is 1. The van der Waals surface area contributed by atoms with Crippen LogP contribution in [0.25, 0.3) is 0 Å². The van der Waals surface area contributed by atoms with Crippen LogP contribution in [0.2, 0.25) is 0 Å². The molecule has 0 amide bonds. The molecular weight excluding hydrogens is 214 g/mol. The number of methoxy groups -OCH3 is 1. The number of rotatable bonds is 8. The molecule has 0 radical (unpaired) electrons. The first kappa shape index (κ1) is 16.2. The van der Waals surface area contributed by atoms with Crippen LogP contribution in [0.4, 0.5) is 0 Å². The quantitative estimate of drug-likeness (QED) is 0.524. The van der Waals surface area contributed by atoms with Crippen molar-refractivity contribution < 1.29 is 9.53 Å². The maximum atomic E-state index is 11.3. The van der Waals surface area contributed by atoms with E-state index >= 15 is 0 Å². The highest BCUT2D eigenvalue weighted by Crippen LogP contribution is 2.09. The predicted octanol–water partition coefficient (Wildman–Crippen LogP) is 2.91. The molecule has 0 aliphatic heterocycles. The van der Waals surface area contributed by atoms with Crippen molar-refractivity contribution in [2.45, 2.75) is 53.0 Å². The van der Waals surface area contributed by atoms with E-state index in [1.807, 2.05) is 13.0 Å². The van der Waals surface area contributed by atoms with E-state index in [2.05, 4.69) is 26.1 Å². The fourth-order valence-corrected chi connectivity index (χ4v) is 1.74. The number of ether oxygens (including phenoxy) is 1. The van der Waals surface area contributed by atoms with Crippen LogP contribution in [-0.2, 0) is 9.53 Å². The SMILES string of the molecule is CC/C(=C/CNC(C)CC(C)CC)C(=O)OC. The Bertz CT molecular complexity index is 249. The third-order valence-electron chi connectivity index (χ3n) is 3.10. The molecule has 0 aromatic rings. The highest BCUT2D eigenvalue weighted by molar-refractivity contribution is 5.88. The summed E-state index contributed by atoms with van der Waals surface area (Å²) >= 11 is 0. The molecule has 0 rings (SSSR count). The number of carbonyl (C=O) groups is 1. The van der Waals surface area contributed by atoms with E-state index in [1.165, 1.54) is 20.0 Å². The van der Waals surface area contributed by atoms with Crippen molar-refractivity contribution in [3.63, 3.8) is 0 Å². The molecule has 0 fully saturated rings. The molecule has 0 aliphatic carbocycles. The molecule has 2 unspecified atom stereocenters. The van der Waals surface area contributed by atoms with Gasteiger partial charge in [-0.25, -0.2) is 4.79 Å². The van der Waals surface area contributed by atoms with Gasteiger partial charge in [0.05, 0.1) is 7.11 Å². The Kier molecular flexibility index (Phi) is 8.78. The minimum absolute atomic E-state index is 0.219. The number of hydrogen-bond donors (Lipinski definition) is 1. The minimum Gasteiger partial charge on any atom is -0.466 e. The summed E-state index contributed by atoms with van der Waals surface area (Å²) in [4.78, 5) is 11.3. The second-order valence-corrected chi connectivity index (χ2v) is 4.63. The molecule has 3 nitrogen and oxygen atoms in total. The van der Waals surface area contributed by atoms with Gasteiger partial charge in [0.1, 0.15) is 0 Å². The molecule has 0 saturated heterocycles. The summed E-state index contributed by atoms with van der Waals surface area (Å²) in [5, 5.41) is 3.41. The lowest BCUT2D eigenvalue weighted by Crippen LogP contribution is -2.28. The molecule has 100 valence electrons. The summed E-state index contributed by atoms with van der Waals surface area (Å²) in [7, 11) is 1.42. The standard InChI is InChI=1S/C14H27NO2/c1-6-11(3)10-12(4)15-9-8-13(7-2)14(16)17-5/h8,11-12,15H,6-7,9-10H2,1-5H3/b13-8-. The summed E-state index contributed by atoms with van der Waals surface area (Å²) in [6.45, 7) is 9.36. The van der Waals surface area contributed by atoms with Crippen molar-refractivity contribution in [2.75, 3.05) is 13.7 Å². The number of hydrogen-bond acceptors (Lipinski definition) is 3. The van der Waals surface area contributed by atoms with Gasteiger partial charge in [0.2, 0.25) is 0 Å². The van der Waals surface area contributed by atoms with Gasteiger partial charge in [-0.15, -0.1) is 0 Å². The monoisotopic (exact) mass is 241 g/mol. The van der Waals surface area contributed by atoms with Gasteiger partial charge >= 0.3 is 5.97 Å². The lowest BCUT2D eigenvalue weighted by Gasteiger charge is -2.16. The summed E-state index contributed by atoms with van der Waals surface area (Å²) < 4.78 is 4.71. The highest BCUT2D eigenvalue weighted by Gasteiger charge is 2.08. The van der Waals surface area contributed by atoms with Crippen LogP contribution in [0, 0.1) is 5.92 Å². The van der Waals surface area contributed by atoms with Crippen LogP contribution >= 0.6 is 0 Å². The first-order valence-electron chi connectivity index (χ1n) is 6.55. The Morgan fingerprint density at radius 3 is 2.47 bits per heavy atom. The normalized spacial score (nSPS) is 15.5. The van der Waals surface area contributed by atoms with Gasteiger partial charge < -0.3 is 10.1 Å². The maximum Gasteiger partial charge on any atom is 0.333 e. The number of nitrogens with one attached hydrogen (secondary N) is 1. The Labute approximate surface area is 106 Å². The van der Waals surface area contributed by atoms with Gasteiger partial charge in [-0.05, 0) is 25.7 Å². The third-order valence-corrected chi connectivity index (χ3v) is 3.10. The Morgan fingerprint density at radius 1 is 1.35 bits per heavy atom. The second-order valence-electron chi connectivity index (χ2n) is 4.63. The summed E-state index contributed by atoms with van der Waals surface area (Å²) in [6, 6.07) is 0.483. The largest absolute Gasteiger partial charge is 0.466 e. The molecule has 0 aromatic heterocycles. The molecular formula is C14H27NO2. The van der Waals surface area contributed by atoms with Crippen LogP contribution in [0.15, 0.2) is 11.6 Å². The molecule has 1 N–H and O–H groups in total. The molecule has 3 heteroatoms. The van der Waals surface area contributed by atoms with E-state index in [-0.39, 0.29) is 5.97 Å². The predicted molar refractivity (Wildman–Crippen MR) is 71.9 cm³/mol. The first-order chi connectivity index (χ1) is 8.04. The van der Waals surface area contributed by atoms with Gasteiger partial charge in [-0.2, -0.15) is 0 Å². The smallest absolute Gasteiger partial charge is 0.333 e. The van der Waals surface area contributed by atoms with E-state index < -0.39 is 0 Å². The number of esters is 1. The Morgan fingerprint density at radius 2 is 2.00 bits per heavy atom. The fraction of sp³-hybridized carbons (Fsp3) is 0.786. The second kappa shape index (κ2) is 9.23. The fourth-order valence-electron chi connectivity index (χ4n) is 1.74. The topological polar surface area (TPSA) is 38.3 Å².